The Morgan fingerprint density at radius 2 is 1.77 bits per heavy atom. The number of Topliss-reactive ketones (excluding diaryl/α,β-unsaturated/α-hetero) is 1. The first kappa shape index (κ1) is 21.8. The number of ketones is 1. The molecule has 1 N–H and O–H groups in total. The molecule has 0 unspecified atom stereocenters. The molecule has 0 saturated heterocycles. The molecule has 0 fully saturated rings. The third kappa shape index (κ3) is 5.19. The molecule has 0 aliphatic carbocycles. The number of hydrogen-bond donors (Lipinski definition) is 1. The molecule has 0 radical (unpaired) electrons. The van der Waals surface area contributed by atoms with Crippen LogP contribution >= 0.6 is 11.6 Å². The average Bonchev–Trinajstić information content (AvgIpc) is 2.72. The summed E-state index contributed by atoms with van der Waals surface area (Å²) in [6.45, 7) is 4.32. The predicted molar refractivity (Wildman–Crippen MR) is 117 cm³/mol. The number of carbonyl (C=O) groups is 3. The van der Waals surface area contributed by atoms with Gasteiger partial charge in [-0.15, -0.1) is 0 Å². The second kappa shape index (κ2) is 9.30. The summed E-state index contributed by atoms with van der Waals surface area (Å²) in [5.74, 6) is -0.584. The Balaban J connectivity index is 1.45. The van der Waals surface area contributed by atoms with Gasteiger partial charge in [0, 0.05) is 23.6 Å². The van der Waals surface area contributed by atoms with Crippen LogP contribution < -0.4 is 10.2 Å². The average molecular weight is 429 g/mol. The van der Waals surface area contributed by atoms with E-state index in [1.54, 1.807) is 29.2 Å². The van der Waals surface area contributed by atoms with Gasteiger partial charge in [-0.25, -0.2) is 0 Å². The molecule has 2 aromatic carbocycles. The molecule has 0 spiro atoms. The van der Waals surface area contributed by atoms with Gasteiger partial charge < -0.3 is 15.0 Å². The van der Waals surface area contributed by atoms with Gasteiger partial charge in [0.2, 0.25) is 0 Å². The van der Waals surface area contributed by atoms with Crippen LogP contribution in [0.3, 0.4) is 0 Å². The number of esters is 1. The van der Waals surface area contributed by atoms with Crippen LogP contribution in [0, 0.1) is 0 Å². The number of hydrogen-bond acceptors (Lipinski definition) is 5. The topological polar surface area (TPSA) is 75.7 Å². The number of nitrogens with one attached hydrogen (secondary N) is 1. The molecular weight excluding hydrogens is 404 g/mol. The fourth-order valence-corrected chi connectivity index (χ4v) is 3.48. The second-order valence-corrected chi connectivity index (χ2v) is 8.16. The minimum Gasteiger partial charge on any atom is -0.466 e. The number of carbonyl (C=O) groups excluding carboxylic acids is 3. The molecule has 30 heavy (non-hydrogen) atoms. The Bertz CT molecular complexity index is 940. The SMILES string of the molecule is CC1(C)Nc2ccccc2N(CCCOC(=O)CCC(=O)c2ccc(Cl)cc2)C1=O. The van der Waals surface area contributed by atoms with E-state index in [9.17, 15) is 14.4 Å². The van der Waals surface area contributed by atoms with E-state index in [0.29, 0.717) is 23.6 Å². The van der Waals surface area contributed by atoms with Gasteiger partial charge in [0.25, 0.3) is 5.91 Å². The van der Waals surface area contributed by atoms with Crippen LogP contribution in [0.4, 0.5) is 11.4 Å². The zero-order chi connectivity index (χ0) is 21.7. The molecule has 1 heterocycles. The molecule has 1 aliphatic rings. The minimum absolute atomic E-state index is 0.0177. The van der Waals surface area contributed by atoms with Gasteiger partial charge in [-0.05, 0) is 56.7 Å². The van der Waals surface area contributed by atoms with E-state index in [2.05, 4.69) is 5.32 Å². The number of rotatable bonds is 8. The van der Waals surface area contributed by atoms with Crippen molar-refractivity contribution in [2.45, 2.75) is 38.6 Å². The summed E-state index contributed by atoms with van der Waals surface area (Å²) in [7, 11) is 0. The van der Waals surface area contributed by atoms with Crippen molar-refractivity contribution in [3.05, 3.63) is 59.1 Å². The number of amides is 1. The number of nitrogens with zero attached hydrogens (tertiary/aromatic N) is 1. The number of benzene rings is 2. The highest BCUT2D eigenvalue weighted by molar-refractivity contribution is 6.30. The van der Waals surface area contributed by atoms with E-state index in [-0.39, 0.29) is 31.1 Å². The summed E-state index contributed by atoms with van der Waals surface area (Å²) in [6.07, 6.45) is 0.606. The van der Waals surface area contributed by atoms with Crippen LogP contribution in [0.25, 0.3) is 0 Å². The van der Waals surface area contributed by atoms with Crippen LogP contribution in [-0.2, 0) is 14.3 Å². The lowest BCUT2D eigenvalue weighted by Gasteiger charge is -2.40. The third-order valence-corrected chi connectivity index (χ3v) is 5.19. The lowest BCUT2D eigenvalue weighted by atomic mass is 9.98. The summed E-state index contributed by atoms with van der Waals surface area (Å²) in [4.78, 5) is 38.6. The Labute approximate surface area is 181 Å². The molecule has 0 saturated carbocycles. The van der Waals surface area contributed by atoms with Gasteiger partial charge in [0.15, 0.2) is 5.78 Å². The van der Waals surface area contributed by atoms with E-state index in [4.69, 9.17) is 16.3 Å². The summed E-state index contributed by atoms with van der Waals surface area (Å²) < 4.78 is 5.25. The van der Waals surface area contributed by atoms with Crippen molar-refractivity contribution >= 4 is 40.6 Å². The van der Waals surface area contributed by atoms with E-state index < -0.39 is 11.5 Å². The standard InChI is InChI=1S/C23H25ClN2O4/c1-23(2)22(29)26(19-7-4-3-6-18(19)25-23)14-5-15-30-21(28)13-12-20(27)16-8-10-17(24)11-9-16/h3-4,6-11,25H,5,12-15H2,1-2H3. The zero-order valence-electron chi connectivity index (χ0n) is 17.1. The number of ether oxygens (including phenoxy) is 1. The molecular formula is C23H25ClN2O4. The maximum absolute atomic E-state index is 12.8. The van der Waals surface area contributed by atoms with Gasteiger partial charge >= 0.3 is 5.97 Å². The van der Waals surface area contributed by atoms with E-state index >= 15 is 0 Å². The predicted octanol–water partition coefficient (Wildman–Crippen LogP) is 4.47. The monoisotopic (exact) mass is 428 g/mol. The molecule has 158 valence electrons. The van der Waals surface area contributed by atoms with Crippen molar-refractivity contribution in [2.75, 3.05) is 23.4 Å². The summed E-state index contributed by atoms with van der Waals surface area (Å²) in [5.41, 5.74) is 1.54. The highest BCUT2D eigenvalue weighted by atomic mass is 35.5. The van der Waals surface area contributed by atoms with Gasteiger partial charge in [-0.1, -0.05) is 23.7 Å². The number of halogens is 1. The van der Waals surface area contributed by atoms with Gasteiger partial charge in [0.05, 0.1) is 24.4 Å². The first-order chi connectivity index (χ1) is 14.3. The molecule has 1 aliphatic heterocycles. The van der Waals surface area contributed by atoms with Crippen molar-refractivity contribution in [3.63, 3.8) is 0 Å². The fraction of sp³-hybridized carbons (Fsp3) is 0.348. The van der Waals surface area contributed by atoms with E-state index in [1.165, 1.54) is 0 Å². The molecule has 0 atom stereocenters. The molecule has 1 amide bonds. The molecule has 0 aromatic heterocycles. The number of anilines is 2. The Morgan fingerprint density at radius 1 is 1.07 bits per heavy atom. The van der Waals surface area contributed by atoms with Crippen LogP contribution in [0.1, 0.15) is 43.5 Å². The van der Waals surface area contributed by atoms with E-state index in [1.807, 2.05) is 38.1 Å². The van der Waals surface area contributed by atoms with E-state index in [0.717, 1.165) is 11.4 Å². The molecule has 7 heteroatoms. The Hall–Kier alpha value is -2.86. The maximum Gasteiger partial charge on any atom is 0.306 e. The highest BCUT2D eigenvalue weighted by Gasteiger charge is 2.38. The maximum atomic E-state index is 12.8. The van der Waals surface area contributed by atoms with Crippen LogP contribution in [0.2, 0.25) is 5.02 Å². The number of para-hydroxylation sites is 2. The zero-order valence-corrected chi connectivity index (χ0v) is 17.9. The van der Waals surface area contributed by atoms with Gasteiger partial charge in [-0.2, -0.15) is 0 Å². The molecule has 2 aromatic rings. The first-order valence-electron chi connectivity index (χ1n) is 9.91. The lowest BCUT2D eigenvalue weighted by Crippen LogP contribution is -2.54. The first-order valence-corrected chi connectivity index (χ1v) is 10.3. The fourth-order valence-electron chi connectivity index (χ4n) is 3.35. The van der Waals surface area contributed by atoms with Crippen LogP contribution in [0.5, 0.6) is 0 Å². The van der Waals surface area contributed by atoms with Crippen LogP contribution in [-0.4, -0.2) is 36.4 Å². The van der Waals surface area contributed by atoms with Crippen molar-refractivity contribution in [1.29, 1.82) is 0 Å². The van der Waals surface area contributed by atoms with Crippen molar-refractivity contribution in [3.8, 4) is 0 Å². The summed E-state index contributed by atoms with van der Waals surface area (Å²) >= 11 is 5.81. The largest absolute Gasteiger partial charge is 0.466 e. The normalized spacial score (nSPS) is 14.6. The van der Waals surface area contributed by atoms with Gasteiger partial charge in [0.1, 0.15) is 5.54 Å². The molecule has 3 rings (SSSR count). The van der Waals surface area contributed by atoms with Crippen molar-refractivity contribution < 1.29 is 19.1 Å². The highest BCUT2D eigenvalue weighted by Crippen LogP contribution is 2.34. The third-order valence-electron chi connectivity index (χ3n) is 4.93. The number of fused-ring (bicyclic) bond motifs is 1. The van der Waals surface area contributed by atoms with Crippen LogP contribution in [0.15, 0.2) is 48.5 Å². The quantitative estimate of drug-likeness (QED) is 0.381. The minimum atomic E-state index is -0.701. The van der Waals surface area contributed by atoms with Crippen molar-refractivity contribution in [2.24, 2.45) is 0 Å². The van der Waals surface area contributed by atoms with Gasteiger partial charge in [-0.3, -0.25) is 14.4 Å². The summed E-state index contributed by atoms with van der Waals surface area (Å²) in [6, 6.07) is 14.2. The molecule has 6 nitrogen and oxygen atoms in total. The second-order valence-electron chi connectivity index (χ2n) is 7.73. The smallest absolute Gasteiger partial charge is 0.306 e. The Morgan fingerprint density at radius 3 is 2.50 bits per heavy atom. The lowest BCUT2D eigenvalue weighted by molar-refractivity contribution is -0.143. The summed E-state index contributed by atoms with van der Waals surface area (Å²) in [5, 5.41) is 3.81. The van der Waals surface area contributed by atoms with Crippen molar-refractivity contribution in [1.82, 2.24) is 0 Å². The molecule has 0 bridgehead atoms. The Kier molecular flexibility index (Phi) is 6.77.